The third-order valence-corrected chi connectivity index (χ3v) is 1.63. The quantitative estimate of drug-likeness (QED) is 0.565. The molecular formula is C9H8O2S. The fourth-order valence-electron chi connectivity index (χ4n) is 0.889. The number of hydrogen-bond donors (Lipinski definition) is 1. The first-order valence-corrected chi connectivity index (χ1v) is 3.93. The zero-order valence-corrected chi connectivity index (χ0v) is 7.25. The predicted molar refractivity (Wildman–Crippen MR) is 49.5 cm³/mol. The molecular weight excluding hydrogens is 172 g/mol. The lowest BCUT2D eigenvalue weighted by Crippen LogP contribution is -1.93. The monoisotopic (exact) mass is 180 g/mol. The average Bonchev–Trinajstić information content (AvgIpc) is 2.05. The fourth-order valence-corrected chi connectivity index (χ4v) is 1.07. The number of aldehydes is 1. The maximum Gasteiger partial charge on any atom is 0.190 e. The van der Waals surface area contributed by atoms with Gasteiger partial charge in [0, 0.05) is 12.0 Å². The molecule has 0 aliphatic heterocycles. The highest BCUT2D eigenvalue weighted by Crippen LogP contribution is 2.04. The van der Waals surface area contributed by atoms with E-state index in [1.807, 2.05) is 0 Å². The summed E-state index contributed by atoms with van der Waals surface area (Å²) in [5.41, 5.74) is 1.49. The van der Waals surface area contributed by atoms with Crippen LogP contribution in [0.1, 0.15) is 15.9 Å². The summed E-state index contributed by atoms with van der Waals surface area (Å²) < 4.78 is 0. The molecule has 0 fully saturated rings. The van der Waals surface area contributed by atoms with Crippen LogP contribution in [0.2, 0.25) is 0 Å². The van der Waals surface area contributed by atoms with Crippen LogP contribution in [0.3, 0.4) is 0 Å². The lowest BCUT2D eigenvalue weighted by atomic mass is 10.1. The van der Waals surface area contributed by atoms with Crippen LogP contribution in [-0.2, 0) is 11.2 Å². The van der Waals surface area contributed by atoms with Crippen LogP contribution in [0.25, 0.3) is 0 Å². The summed E-state index contributed by atoms with van der Waals surface area (Å²) in [7, 11) is 0. The van der Waals surface area contributed by atoms with Crippen molar-refractivity contribution in [2.75, 3.05) is 0 Å². The first-order chi connectivity index (χ1) is 5.72. The zero-order valence-electron chi connectivity index (χ0n) is 6.36. The number of carbonyl (C=O) groups is 2. The van der Waals surface area contributed by atoms with Gasteiger partial charge in [0.1, 0.15) is 6.29 Å². The van der Waals surface area contributed by atoms with Crippen LogP contribution < -0.4 is 0 Å². The van der Waals surface area contributed by atoms with E-state index in [0.29, 0.717) is 12.0 Å². The first kappa shape index (κ1) is 9.00. The van der Waals surface area contributed by atoms with E-state index in [4.69, 9.17) is 0 Å². The number of hydrogen-bond acceptors (Lipinski definition) is 2. The van der Waals surface area contributed by atoms with Gasteiger partial charge in [-0.1, -0.05) is 24.3 Å². The van der Waals surface area contributed by atoms with E-state index >= 15 is 0 Å². The minimum atomic E-state index is -0.172. The van der Waals surface area contributed by atoms with Crippen molar-refractivity contribution in [3.05, 3.63) is 35.4 Å². The molecule has 1 rings (SSSR count). The fraction of sp³-hybridized carbons (Fsp3) is 0.111. The Morgan fingerprint density at radius 2 is 1.92 bits per heavy atom. The van der Waals surface area contributed by atoms with Crippen molar-refractivity contribution in [1.29, 1.82) is 0 Å². The topological polar surface area (TPSA) is 34.1 Å². The molecule has 0 aliphatic rings. The normalized spacial score (nSPS) is 9.42. The highest BCUT2D eigenvalue weighted by molar-refractivity contribution is 7.96. The minimum Gasteiger partial charge on any atom is -0.298 e. The molecule has 3 heteroatoms. The van der Waals surface area contributed by atoms with Gasteiger partial charge in [0.05, 0.1) is 0 Å². The molecule has 0 aromatic heterocycles. The molecule has 1 aromatic carbocycles. The van der Waals surface area contributed by atoms with Crippen LogP contribution in [0.4, 0.5) is 0 Å². The van der Waals surface area contributed by atoms with Crippen molar-refractivity contribution < 1.29 is 9.59 Å². The Bertz CT molecular complexity index is 290. The average molecular weight is 180 g/mol. The summed E-state index contributed by atoms with van der Waals surface area (Å²) in [6.45, 7) is 0. The molecule has 0 amide bonds. The summed E-state index contributed by atoms with van der Waals surface area (Å²) in [6.07, 6.45) is 1.08. The maximum atomic E-state index is 10.6. The lowest BCUT2D eigenvalue weighted by molar-refractivity contribution is -0.110. The maximum absolute atomic E-state index is 10.6. The third-order valence-electron chi connectivity index (χ3n) is 1.47. The summed E-state index contributed by atoms with van der Waals surface area (Å²) >= 11 is 3.65. The zero-order chi connectivity index (χ0) is 8.97. The third kappa shape index (κ3) is 2.51. The minimum absolute atomic E-state index is 0.172. The molecule has 2 nitrogen and oxygen atoms in total. The highest BCUT2D eigenvalue weighted by atomic mass is 32.1. The van der Waals surface area contributed by atoms with E-state index in [0.717, 1.165) is 11.8 Å². The van der Waals surface area contributed by atoms with E-state index in [-0.39, 0.29) is 5.12 Å². The van der Waals surface area contributed by atoms with Gasteiger partial charge in [0.15, 0.2) is 5.12 Å². The van der Waals surface area contributed by atoms with Crippen molar-refractivity contribution in [2.45, 2.75) is 6.42 Å². The van der Waals surface area contributed by atoms with E-state index in [2.05, 4.69) is 12.6 Å². The molecule has 0 unspecified atom stereocenters. The lowest BCUT2D eigenvalue weighted by Gasteiger charge is -1.96. The van der Waals surface area contributed by atoms with Crippen LogP contribution in [-0.4, -0.2) is 11.4 Å². The Balaban J connectivity index is 2.77. The molecule has 0 saturated heterocycles. The Labute approximate surface area is 76.0 Å². The predicted octanol–water partition coefficient (Wildman–Crippen LogP) is 1.50. The smallest absolute Gasteiger partial charge is 0.190 e. The van der Waals surface area contributed by atoms with Crippen LogP contribution in [0.5, 0.6) is 0 Å². The number of carbonyl (C=O) groups excluding carboxylic acids is 2. The summed E-state index contributed by atoms with van der Waals surface area (Å²) in [4.78, 5) is 20.8. The van der Waals surface area contributed by atoms with E-state index < -0.39 is 0 Å². The SMILES string of the molecule is O=Cc1ccc(CC(=O)S)cc1. The second-order valence-electron chi connectivity index (χ2n) is 2.43. The van der Waals surface area contributed by atoms with Gasteiger partial charge in [0.2, 0.25) is 0 Å². The molecule has 0 bridgehead atoms. The van der Waals surface area contributed by atoms with Gasteiger partial charge in [-0.15, -0.1) is 12.6 Å². The molecule has 0 spiro atoms. The van der Waals surface area contributed by atoms with Crippen LogP contribution >= 0.6 is 12.6 Å². The van der Waals surface area contributed by atoms with Gasteiger partial charge in [-0.2, -0.15) is 0 Å². The standard InChI is InChI=1S/C9H8O2S/c10-6-8-3-1-7(2-4-8)5-9(11)12/h1-4,6H,5H2,(H,11,12). The Morgan fingerprint density at radius 3 is 2.33 bits per heavy atom. The number of benzene rings is 1. The Morgan fingerprint density at radius 1 is 1.33 bits per heavy atom. The summed E-state index contributed by atoms with van der Waals surface area (Å²) in [5, 5.41) is -0.172. The van der Waals surface area contributed by atoms with Crippen molar-refractivity contribution in [3.8, 4) is 0 Å². The number of thiol groups is 1. The molecule has 0 radical (unpaired) electrons. The van der Waals surface area contributed by atoms with Gasteiger partial charge in [-0.05, 0) is 5.56 Å². The summed E-state index contributed by atoms with van der Waals surface area (Å²) in [6, 6.07) is 6.85. The Kier molecular flexibility index (Phi) is 3.05. The molecule has 0 heterocycles. The largest absolute Gasteiger partial charge is 0.298 e. The second-order valence-corrected chi connectivity index (χ2v) is 2.93. The molecule has 0 aliphatic carbocycles. The van der Waals surface area contributed by atoms with Gasteiger partial charge in [-0.3, -0.25) is 9.59 Å². The highest BCUT2D eigenvalue weighted by Gasteiger charge is 1.97. The van der Waals surface area contributed by atoms with E-state index in [1.165, 1.54) is 0 Å². The van der Waals surface area contributed by atoms with E-state index in [9.17, 15) is 9.59 Å². The van der Waals surface area contributed by atoms with Gasteiger partial charge in [0.25, 0.3) is 0 Å². The van der Waals surface area contributed by atoms with Gasteiger partial charge < -0.3 is 0 Å². The van der Waals surface area contributed by atoms with Crippen LogP contribution in [0, 0.1) is 0 Å². The first-order valence-electron chi connectivity index (χ1n) is 3.48. The molecule has 0 atom stereocenters. The van der Waals surface area contributed by atoms with Crippen molar-refractivity contribution in [1.82, 2.24) is 0 Å². The van der Waals surface area contributed by atoms with E-state index in [1.54, 1.807) is 24.3 Å². The molecule has 62 valence electrons. The Hall–Kier alpha value is -1.09. The molecule has 0 N–H and O–H groups in total. The molecule has 0 saturated carbocycles. The van der Waals surface area contributed by atoms with Gasteiger partial charge >= 0.3 is 0 Å². The van der Waals surface area contributed by atoms with Crippen LogP contribution in [0.15, 0.2) is 24.3 Å². The van der Waals surface area contributed by atoms with Crippen molar-refractivity contribution >= 4 is 24.0 Å². The van der Waals surface area contributed by atoms with Gasteiger partial charge in [-0.25, -0.2) is 0 Å². The second kappa shape index (κ2) is 4.07. The van der Waals surface area contributed by atoms with Crippen molar-refractivity contribution in [3.63, 3.8) is 0 Å². The number of rotatable bonds is 3. The molecule has 1 aromatic rings. The molecule has 12 heavy (non-hydrogen) atoms. The van der Waals surface area contributed by atoms with Crippen molar-refractivity contribution in [2.24, 2.45) is 0 Å². The summed E-state index contributed by atoms with van der Waals surface area (Å²) in [5.74, 6) is 0.